The van der Waals surface area contributed by atoms with E-state index in [1.54, 1.807) is 5.56 Å². The summed E-state index contributed by atoms with van der Waals surface area (Å²) in [6, 6.07) is 43.8. The first-order valence-corrected chi connectivity index (χ1v) is 15.8. The van der Waals surface area contributed by atoms with Gasteiger partial charge in [-0.15, -0.1) is 0 Å². The lowest BCUT2D eigenvalue weighted by Crippen LogP contribution is -1.99. The van der Waals surface area contributed by atoms with E-state index in [1.165, 1.54) is 69.4 Å². The second-order valence-corrected chi connectivity index (χ2v) is 12.4. The van der Waals surface area contributed by atoms with Gasteiger partial charge in [0.15, 0.2) is 5.82 Å². The van der Waals surface area contributed by atoms with Crippen LogP contribution < -0.4 is 0 Å². The van der Waals surface area contributed by atoms with Gasteiger partial charge in [0.05, 0.1) is 22.2 Å². The van der Waals surface area contributed by atoms with Crippen LogP contribution in [0.15, 0.2) is 121 Å². The number of benzene rings is 6. The van der Waals surface area contributed by atoms with Crippen molar-refractivity contribution in [3.63, 3.8) is 0 Å². The van der Waals surface area contributed by atoms with Gasteiger partial charge in [-0.05, 0) is 88.7 Å². The van der Waals surface area contributed by atoms with Crippen molar-refractivity contribution in [2.24, 2.45) is 0 Å². The number of rotatable bonds is 4. The Hall–Kier alpha value is -5.28. The zero-order valence-corrected chi connectivity index (χ0v) is 24.3. The lowest BCUT2D eigenvalue weighted by Gasteiger charge is -2.17. The molecule has 2 aliphatic carbocycles. The molecule has 0 saturated heterocycles. The minimum absolute atomic E-state index is 0.666. The quantitative estimate of drug-likeness (QED) is 0.213. The highest BCUT2D eigenvalue weighted by Gasteiger charge is 2.30. The number of hydrogen-bond donors (Lipinski definition) is 0. The molecule has 8 aromatic rings. The van der Waals surface area contributed by atoms with Gasteiger partial charge < -0.3 is 4.57 Å². The second-order valence-electron chi connectivity index (χ2n) is 12.4. The van der Waals surface area contributed by atoms with E-state index in [9.17, 15) is 0 Å². The van der Waals surface area contributed by atoms with Gasteiger partial charge in [-0.3, -0.25) is 0 Å². The monoisotopic (exact) mass is 563 g/mol. The van der Waals surface area contributed by atoms with E-state index in [1.807, 2.05) is 12.1 Å². The maximum absolute atomic E-state index is 5.10. The third-order valence-electron chi connectivity index (χ3n) is 10.1. The molecular formula is C41H29N3. The Morgan fingerprint density at radius 1 is 0.568 bits per heavy atom. The normalized spacial score (nSPS) is 14.4. The van der Waals surface area contributed by atoms with E-state index in [0.29, 0.717) is 5.92 Å². The van der Waals surface area contributed by atoms with Crippen molar-refractivity contribution >= 4 is 43.5 Å². The van der Waals surface area contributed by atoms with Crippen LogP contribution in [0.25, 0.3) is 82.9 Å². The van der Waals surface area contributed by atoms with E-state index < -0.39 is 0 Å². The van der Waals surface area contributed by atoms with Gasteiger partial charge in [0.2, 0.25) is 0 Å². The maximum atomic E-state index is 5.10. The van der Waals surface area contributed by atoms with E-state index >= 15 is 0 Å². The van der Waals surface area contributed by atoms with Crippen molar-refractivity contribution in [1.82, 2.24) is 14.5 Å². The second kappa shape index (κ2) is 9.11. The van der Waals surface area contributed by atoms with E-state index in [2.05, 4.69) is 114 Å². The van der Waals surface area contributed by atoms with E-state index in [-0.39, 0.29) is 0 Å². The molecule has 6 aromatic carbocycles. The highest BCUT2D eigenvalue weighted by Crippen LogP contribution is 2.53. The fraction of sp³-hybridized carbons (Fsp3) is 0.122. The molecule has 2 aromatic heterocycles. The number of para-hydroxylation sites is 1. The van der Waals surface area contributed by atoms with Crippen LogP contribution in [0.2, 0.25) is 0 Å². The molecule has 2 aliphatic rings. The molecule has 0 N–H and O–H groups in total. The summed E-state index contributed by atoms with van der Waals surface area (Å²) in [5.41, 5.74) is 12.2. The first-order chi connectivity index (χ1) is 21.8. The average Bonchev–Trinajstić information content (AvgIpc) is 3.83. The molecule has 0 bridgehead atoms. The van der Waals surface area contributed by atoms with Crippen molar-refractivity contribution in [3.8, 4) is 39.5 Å². The van der Waals surface area contributed by atoms with Crippen LogP contribution in [-0.2, 0) is 0 Å². The van der Waals surface area contributed by atoms with E-state index in [0.717, 1.165) is 39.2 Å². The highest BCUT2D eigenvalue weighted by atomic mass is 15.0. The summed E-state index contributed by atoms with van der Waals surface area (Å²) in [5, 5.41) is 6.67. The number of nitrogens with zero attached hydrogens (tertiary/aromatic N) is 3. The highest BCUT2D eigenvalue weighted by molar-refractivity contribution is 6.34. The number of fused-ring (bicyclic) bond motifs is 2. The van der Waals surface area contributed by atoms with Crippen molar-refractivity contribution in [2.45, 2.75) is 31.6 Å². The van der Waals surface area contributed by atoms with Gasteiger partial charge in [-0.25, -0.2) is 9.97 Å². The predicted octanol–water partition coefficient (Wildman–Crippen LogP) is 10.9. The molecule has 3 nitrogen and oxygen atoms in total. The van der Waals surface area contributed by atoms with Crippen molar-refractivity contribution in [2.75, 3.05) is 0 Å². The van der Waals surface area contributed by atoms with Crippen LogP contribution in [0.1, 0.15) is 37.2 Å². The smallest absolute Gasteiger partial charge is 0.160 e. The first kappa shape index (κ1) is 24.2. The standard InChI is InChI=1S/C41H29N3/c1-2-11-27(12-3-1)40-31-14-6-7-16-33(31)42-41(43-40)28-17-20-29(21-18-28)44-34-23-19-26-13-8-15-32-36(26)38(34)39-35(44)24-22-30(37(32)39)25-9-4-5-10-25/h1-3,6-8,11-25H,4-5,9-10H2. The Kier molecular flexibility index (Phi) is 5.01. The summed E-state index contributed by atoms with van der Waals surface area (Å²) in [6.07, 6.45) is 5.30. The van der Waals surface area contributed by atoms with Crippen LogP contribution >= 0.6 is 0 Å². The molecule has 3 heteroatoms. The Balaban J connectivity index is 1.16. The van der Waals surface area contributed by atoms with Gasteiger partial charge in [0.25, 0.3) is 0 Å². The fourth-order valence-electron chi connectivity index (χ4n) is 8.12. The molecule has 1 fully saturated rings. The molecule has 2 heterocycles. The van der Waals surface area contributed by atoms with Crippen LogP contribution in [-0.4, -0.2) is 14.5 Å². The molecule has 0 aliphatic heterocycles. The summed E-state index contributed by atoms with van der Waals surface area (Å²) in [5.74, 6) is 1.41. The summed E-state index contributed by atoms with van der Waals surface area (Å²) < 4.78 is 2.46. The molecule has 10 rings (SSSR count). The van der Waals surface area contributed by atoms with Crippen LogP contribution in [0.4, 0.5) is 0 Å². The zero-order valence-electron chi connectivity index (χ0n) is 24.3. The molecular weight excluding hydrogens is 534 g/mol. The number of hydrogen-bond acceptors (Lipinski definition) is 2. The molecule has 1 saturated carbocycles. The Morgan fingerprint density at radius 2 is 1.34 bits per heavy atom. The SMILES string of the molecule is c1ccc(-c2nc(-c3ccc(-n4c5ccc(C6CCCC6)c6c5c5c7c-6cccc7ccc54)cc3)nc3ccccc23)cc1. The van der Waals surface area contributed by atoms with Gasteiger partial charge in [0, 0.05) is 33.0 Å². The Bertz CT molecular complexity index is 2430. The Morgan fingerprint density at radius 3 is 2.20 bits per heavy atom. The largest absolute Gasteiger partial charge is 0.309 e. The predicted molar refractivity (Wildman–Crippen MR) is 182 cm³/mol. The average molecular weight is 564 g/mol. The summed E-state index contributed by atoms with van der Waals surface area (Å²) in [6.45, 7) is 0. The van der Waals surface area contributed by atoms with Crippen molar-refractivity contribution in [1.29, 1.82) is 0 Å². The van der Waals surface area contributed by atoms with Gasteiger partial charge in [0.1, 0.15) is 0 Å². The maximum Gasteiger partial charge on any atom is 0.160 e. The minimum Gasteiger partial charge on any atom is -0.309 e. The fourth-order valence-corrected chi connectivity index (χ4v) is 8.12. The lowest BCUT2D eigenvalue weighted by molar-refractivity contribution is 0.726. The van der Waals surface area contributed by atoms with Crippen LogP contribution in [0.3, 0.4) is 0 Å². The van der Waals surface area contributed by atoms with Gasteiger partial charge in [-0.2, -0.15) is 0 Å². The lowest BCUT2D eigenvalue weighted by atomic mass is 9.89. The van der Waals surface area contributed by atoms with Crippen molar-refractivity contribution in [3.05, 3.63) is 127 Å². The zero-order chi connectivity index (χ0) is 28.8. The number of aromatic nitrogens is 3. The van der Waals surface area contributed by atoms with Gasteiger partial charge in [-0.1, -0.05) is 91.7 Å². The third-order valence-corrected chi connectivity index (χ3v) is 10.1. The summed E-state index contributed by atoms with van der Waals surface area (Å²) >= 11 is 0. The van der Waals surface area contributed by atoms with Crippen LogP contribution in [0, 0.1) is 0 Å². The van der Waals surface area contributed by atoms with Crippen LogP contribution in [0.5, 0.6) is 0 Å². The third kappa shape index (κ3) is 3.32. The van der Waals surface area contributed by atoms with Gasteiger partial charge >= 0.3 is 0 Å². The molecule has 208 valence electrons. The molecule has 0 radical (unpaired) electrons. The first-order valence-electron chi connectivity index (χ1n) is 15.8. The van der Waals surface area contributed by atoms with E-state index in [4.69, 9.17) is 9.97 Å². The molecule has 0 atom stereocenters. The summed E-state index contributed by atoms with van der Waals surface area (Å²) in [7, 11) is 0. The molecule has 0 spiro atoms. The molecule has 44 heavy (non-hydrogen) atoms. The summed E-state index contributed by atoms with van der Waals surface area (Å²) in [4.78, 5) is 10.1. The topological polar surface area (TPSA) is 30.7 Å². The molecule has 0 amide bonds. The minimum atomic E-state index is 0.666. The van der Waals surface area contributed by atoms with Crippen molar-refractivity contribution < 1.29 is 0 Å². The molecule has 0 unspecified atom stereocenters. The Labute approximate surface area is 255 Å².